The SMILES string of the molecule is CCC1(CC)CN(c2cccc(Cl)c2C)CCCN1. The third-order valence-corrected chi connectivity index (χ3v) is 4.94. The molecule has 0 bridgehead atoms. The van der Waals surface area contributed by atoms with Gasteiger partial charge in [-0.15, -0.1) is 0 Å². The molecule has 19 heavy (non-hydrogen) atoms. The number of benzene rings is 1. The van der Waals surface area contributed by atoms with Crippen molar-refractivity contribution in [3.63, 3.8) is 0 Å². The van der Waals surface area contributed by atoms with Crippen molar-refractivity contribution in [2.24, 2.45) is 0 Å². The molecule has 0 radical (unpaired) electrons. The van der Waals surface area contributed by atoms with Crippen molar-refractivity contribution in [2.75, 3.05) is 24.5 Å². The molecule has 1 aliphatic heterocycles. The summed E-state index contributed by atoms with van der Waals surface area (Å²) >= 11 is 6.27. The second-order valence-corrected chi connectivity index (χ2v) is 5.98. The van der Waals surface area contributed by atoms with E-state index in [1.165, 1.54) is 30.5 Å². The molecule has 0 aromatic heterocycles. The Morgan fingerprint density at radius 1 is 1.32 bits per heavy atom. The van der Waals surface area contributed by atoms with E-state index in [9.17, 15) is 0 Å². The molecule has 0 amide bonds. The topological polar surface area (TPSA) is 15.3 Å². The summed E-state index contributed by atoms with van der Waals surface area (Å²) in [4.78, 5) is 2.51. The van der Waals surface area contributed by atoms with Crippen molar-refractivity contribution in [1.29, 1.82) is 0 Å². The smallest absolute Gasteiger partial charge is 0.0455 e. The summed E-state index contributed by atoms with van der Waals surface area (Å²) in [5.41, 5.74) is 2.74. The van der Waals surface area contributed by atoms with Crippen LogP contribution < -0.4 is 10.2 Å². The molecule has 0 unspecified atom stereocenters. The Morgan fingerprint density at radius 2 is 2.05 bits per heavy atom. The average Bonchev–Trinajstić information content (AvgIpc) is 2.65. The molecule has 0 aliphatic carbocycles. The first kappa shape index (κ1) is 14.7. The summed E-state index contributed by atoms with van der Waals surface area (Å²) in [6, 6.07) is 6.23. The van der Waals surface area contributed by atoms with Gasteiger partial charge >= 0.3 is 0 Å². The average molecular weight is 281 g/mol. The summed E-state index contributed by atoms with van der Waals surface area (Å²) in [5.74, 6) is 0. The molecule has 1 aromatic rings. The minimum Gasteiger partial charge on any atom is -0.369 e. The van der Waals surface area contributed by atoms with Gasteiger partial charge in [-0.25, -0.2) is 0 Å². The van der Waals surface area contributed by atoms with Gasteiger partial charge in [-0.1, -0.05) is 31.5 Å². The summed E-state index contributed by atoms with van der Waals surface area (Å²) in [7, 11) is 0. The molecule has 1 heterocycles. The molecule has 1 fully saturated rings. The van der Waals surface area contributed by atoms with Crippen LogP contribution in [0.4, 0.5) is 5.69 Å². The standard InChI is InChI=1S/C16H25ClN2/c1-4-16(5-2)12-19(11-7-10-18-16)15-9-6-8-14(17)13(15)3/h6,8-9,18H,4-5,7,10-12H2,1-3H3. The van der Waals surface area contributed by atoms with Crippen LogP contribution in [0.15, 0.2) is 18.2 Å². The predicted molar refractivity (Wildman–Crippen MR) is 84.3 cm³/mol. The molecule has 106 valence electrons. The highest BCUT2D eigenvalue weighted by Crippen LogP contribution is 2.30. The lowest BCUT2D eigenvalue weighted by Crippen LogP contribution is -2.50. The Morgan fingerprint density at radius 3 is 2.74 bits per heavy atom. The first-order valence-corrected chi connectivity index (χ1v) is 7.75. The normalized spacial score (nSPS) is 19.3. The van der Waals surface area contributed by atoms with Crippen molar-refractivity contribution < 1.29 is 0 Å². The number of halogens is 1. The highest BCUT2D eigenvalue weighted by Gasteiger charge is 2.30. The van der Waals surface area contributed by atoms with Gasteiger partial charge in [0.05, 0.1) is 0 Å². The lowest BCUT2D eigenvalue weighted by molar-refractivity contribution is 0.321. The Balaban J connectivity index is 2.30. The van der Waals surface area contributed by atoms with E-state index >= 15 is 0 Å². The fourth-order valence-corrected chi connectivity index (χ4v) is 3.16. The molecule has 0 atom stereocenters. The summed E-state index contributed by atoms with van der Waals surface area (Å²) in [6.07, 6.45) is 3.52. The van der Waals surface area contributed by atoms with Crippen LogP contribution in [-0.2, 0) is 0 Å². The van der Waals surface area contributed by atoms with Gasteiger partial charge in [-0.2, -0.15) is 0 Å². The fraction of sp³-hybridized carbons (Fsp3) is 0.625. The van der Waals surface area contributed by atoms with Crippen molar-refractivity contribution >= 4 is 17.3 Å². The van der Waals surface area contributed by atoms with Crippen LogP contribution in [0.2, 0.25) is 5.02 Å². The number of hydrogen-bond donors (Lipinski definition) is 1. The van der Waals surface area contributed by atoms with E-state index in [1.54, 1.807) is 0 Å². The molecule has 1 saturated heterocycles. The maximum absolute atomic E-state index is 6.27. The van der Waals surface area contributed by atoms with Gasteiger partial charge in [0, 0.05) is 29.3 Å². The molecule has 1 N–H and O–H groups in total. The molecular formula is C16H25ClN2. The van der Waals surface area contributed by atoms with E-state index in [2.05, 4.69) is 43.1 Å². The fourth-order valence-electron chi connectivity index (χ4n) is 2.99. The van der Waals surface area contributed by atoms with Crippen molar-refractivity contribution in [2.45, 2.75) is 45.6 Å². The third kappa shape index (κ3) is 3.06. The van der Waals surface area contributed by atoms with Crippen molar-refractivity contribution in [3.8, 4) is 0 Å². The maximum atomic E-state index is 6.27. The van der Waals surface area contributed by atoms with Crippen molar-refractivity contribution in [3.05, 3.63) is 28.8 Å². The highest BCUT2D eigenvalue weighted by molar-refractivity contribution is 6.31. The van der Waals surface area contributed by atoms with Crippen LogP contribution in [0.3, 0.4) is 0 Å². The van der Waals surface area contributed by atoms with E-state index in [-0.39, 0.29) is 5.54 Å². The molecular weight excluding hydrogens is 256 g/mol. The minimum atomic E-state index is 0.241. The Bertz CT molecular complexity index is 427. The molecule has 2 rings (SSSR count). The predicted octanol–water partition coefficient (Wildman–Crippen LogP) is 4.01. The zero-order valence-corrected chi connectivity index (χ0v) is 13.1. The van der Waals surface area contributed by atoms with Gasteiger partial charge in [0.2, 0.25) is 0 Å². The third-order valence-electron chi connectivity index (χ3n) is 4.53. The second-order valence-electron chi connectivity index (χ2n) is 5.57. The molecule has 0 spiro atoms. The maximum Gasteiger partial charge on any atom is 0.0455 e. The molecule has 1 aromatic carbocycles. The highest BCUT2D eigenvalue weighted by atomic mass is 35.5. The van der Waals surface area contributed by atoms with Gasteiger partial charge in [0.1, 0.15) is 0 Å². The Labute approximate surface area is 122 Å². The molecule has 0 saturated carbocycles. The Kier molecular flexibility index (Phi) is 4.75. The van der Waals surface area contributed by atoms with Crippen LogP contribution in [0.25, 0.3) is 0 Å². The van der Waals surface area contributed by atoms with Crippen LogP contribution in [0, 0.1) is 6.92 Å². The molecule has 2 nitrogen and oxygen atoms in total. The quantitative estimate of drug-likeness (QED) is 0.900. The van der Waals surface area contributed by atoms with E-state index in [4.69, 9.17) is 11.6 Å². The van der Waals surface area contributed by atoms with Gasteiger partial charge < -0.3 is 10.2 Å². The minimum absolute atomic E-state index is 0.241. The summed E-state index contributed by atoms with van der Waals surface area (Å²) in [6.45, 7) is 9.97. The monoisotopic (exact) mass is 280 g/mol. The number of hydrogen-bond acceptors (Lipinski definition) is 2. The van der Waals surface area contributed by atoms with Gasteiger partial charge in [0.25, 0.3) is 0 Å². The van der Waals surface area contributed by atoms with Crippen LogP contribution >= 0.6 is 11.6 Å². The van der Waals surface area contributed by atoms with Gasteiger partial charge in [-0.3, -0.25) is 0 Å². The second kappa shape index (κ2) is 6.15. The first-order valence-electron chi connectivity index (χ1n) is 7.37. The summed E-state index contributed by atoms with van der Waals surface area (Å²) < 4.78 is 0. The number of nitrogens with one attached hydrogen (secondary N) is 1. The zero-order chi connectivity index (χ0) is 13.9. The Hall–Kier alpha value is -0.730. The van der Waals surface area contributed by atoms with Crippen molar-refractivity contribution in [1.82, 2.24) is 5.32 Å². The molecule has 1 aliphatic rings. The summed E-state index contributed by atoms with van der Waals surface area (Å²) in [5, 5.41) is 4.62. The zero-order valence-electron chi connectivity index (χ0n) is 12.3. The number of nitrogens with zero attached hydrogens (tertiary/aromatic N) is 1. The van der Waals surface area contributed by atoms with Gasteiger partial charge in [-0.05, 0) is 50.4 Å². The first-order chi connectivity index (χ1) is 9.12. The van der Waals surface area contributed by atoms with Gasteiger partial charge in [0.15, 0.2) is 0 Å². The van der Waals surface area contributed by atoms with E-state index in [1.807, 2.05) is 6.07 Å². The van der Waals surface area contributed by atoms with E-state index < -0.39 is 0 Å². The lowest BCUT2D eigenvalue weighted by Gasteiger charge is -2.37. The van der Waals surface area contributed by atoms with E-state index in [0.29, 0.717) is 0 Å². The lowest BCUT2D eigenvalue weighted by atomic mass is 9.92. The largest absolute Gasteiger partial charge is 0.369 e. The van der Waals surface area contributed by atoms with Crippen LogP contribution in [0.1, 0.15) is 38.7 Å². The number of rotatable bonds is 3. The van der Waals surface area contributed by atoms with Crippen LogP contribution in [-0.4, -0.2) is 25.2 Å². The molecule has 3 heteroatoms. The number of anilines is 1. The van der Waals surface area contributed by atoms with E-state index in [0.717, 1.165) is 24.7 Å². The van der Waals surface area contributed by atoms with Crippen LogP contribution in [0.5, 0.6) is 0 Å².